The van der Waals surface area contributed by atoms with E-state index in [2.05, 4.69) is 37.7 Å². The van der Waals surface area contributed by atoms with Crippen LogP contribution in [0.15, 0.2) is 24.3 Å². The fourth-order valence-corrected chi connectivity index (χ4v) is 4.23. The summed E-state index contributed by atoms with van der Waals surface area (Å²) in [4.78, 5) is 33.8. The minimum Gasteiger partial charge on any atom is -0.340 e. The van der Waals surface area contributed by atoms with E-state index in [-0.39, 0.29) is 11.8 Å². The molecule has 0 saturated carbocycles. The van der Waals surface area contributed by atoms with Crippen LogP contribution in [0, 0.1) is 0 Å². The van der Waals surface area contributed by atoms with Crippen molar-refractivity contribution in [2.45, 2.75) is 78.1 Å². The van der Waals surface area contributed by atoms with Gasteiger partial charge in [-0.2, -0.15) is 0 Å². The van der Waals surface area contributed by atoms with Crippen molar-refractivity contribution in [3.8, 4) is 0 Å². The maximum atomic E-state index is 12.8. The summed E-state index contributed by atoms with van der Waals surface area (Å²) in [6.07, 6.45) is 12.8. The Labute approximate surface area is 222 Å². The molecule has 0 radical (unpaired) electrons. The van der Waals surface area contributed by atoms with E-state index < -0.39 is 0 Å². The third-order valence-electron chi connectivity index (χ3n) is 6.99. The molecular weight excluding hydrogens is 448 g/mol. The molecule has 2 amide bonds. The van der Waals surface area contributed by atoms with Gasteiger partial charge in [0, 0.05) is 51.4 Å². The largest absolute Gasteiger partial charge is 0.340 e. The number of unbranched alkanes of at least 4 members (excludes halogenated alkanes) is 8. The second-order valence-electron chi connectivity index (χ2n) is 10.5. The number of amides is 2. The van der Waals surface area contributed by atoms with Crippen molar-refractivity contribution in [2.75, 3.05) is 67.5 Å². The van der Waals surface area contributed by atoms with Crippen LogP contribution in [-0.4, -0.2) is 98.9 Å². The van der Waals surface area contributed by atoms with E-state index in [1.807, 2.05) is 14.1 Å². The quantitative estimate of drug-likeness (QED) is 0.217. The molecule has 0 aliphatic heterocycles. The van der Waals surface area contributed by atoms with E-state index in [9.17, 15) is 9.59 Å². The zero-order valence-corrected chi connectivity index (χ0v) is 24.2. The Hall–Kier alpha value is -1.92. The molecule has 0 fully saturated rings. The molecule has 6 nitrogen and oxygen atoms in total. The van der Waals surface area contributed by atoms with Gasteiger partial charge in [-0.1, -0.05) is 65.2 Å². The van der Waals surface area contributed by atoms with E-state index in [4.69, 9.17) is 0 Å². The Bertz CT molecular complexity index is 661. The summed E-state index contributed by atoms with van der Waals surface area (Å²) in [6, 6.07) is 7.11. The van der Waals surface area contributed by atoms with E-state index in [1.165, 1.54) is 64.2 Å². The van der Waals surface area contributed by atoms with Crippen molar-refractivity contribution in [3.63, 3.8) is 0 Å². The molecule has 1 aromatic rings. The number of carbonyl (C=O) groups excluding carboxylic acids is 2. The second kappa shape index (κ2) is 19.2. The Balaban J connectivity index is 2.40. The number of carbonyl (C=O) groups is 2. The third-order valence-corrected chi connectivity index (χ3v) is 6.99. The van der Waals surface area contributed by atoms with Crippen LogP contribution >= 0.6 is 0 Å². The van der Waals surface area contributed by atoms with Gasteiger partial charge >= 0.3 is 0 Å². The average molecular weight is 503 g/mol. The second-order valence-corrected chi connectivity index (χ2v) is 10.5. The molecule has 206 valence electrons. The molecule has 36 heavy (non-hydrogen) atoms. The van der Waals surface area contributed by atoms with Gasteiger partial charge in [0.2, 0.25) is 0 Å². The Morgan fingerprint density at radius 3 is 1.17 bits per heavy atom. The molecule has 0 aromatic heterocycles. The first-order chi connectivity index (χ1) is 17.3. The highest BCUT2D eigenvalue weighted by atomic mass is 16.2. The molecule has 6 heteroatoms. The van der Waals surface area contributed by atoms with Crippen molar-refractivity contribution in [1.82, 2.24) is 19.6 Å². The lowest BCUT2D eigenvalue weighted by Gasteiger charge is -2.23. The van der Waals surface area contributed by atoms with Gasteiger partial charge in [-0.15, -0.1) is 0 Å². The summed E-state index contributed by atoms with van der Waals surface area (Å²) in [5.41, 5.74) is 1.25. The van der Waals surface area contributed by atoms with Gasteiger partial charge in [-0.05, 0) is 64.3 Å². The van der Waals surface area contributed by atoms with Gasteiger partial charge in [0.1, 0.15) is 0 Å². The van der Waals surface area contributed by atoms with Crippen LogP contribution in [0.2, 0.25) is 0 Å². The van der Waals surface area contributed by atoms with Crippen LogP contribution < -0.4 is 0 Å². The predicted octanol–water partition coefficient (Wildman–Crippen LogP) is 5.64. The summed E-state index contributed by atoms with van der Waals surface area (Å²) in [7, 11) is 7.95. The molecule has 0 spiro atoms. The number of hydrogen-bond acceptors (Lipinski definition) is 4. The highest BCUT2D eigenvalue weighted by molar-refractivity contribution is 5.97. The minimum absolute atomic E-state index is 0.000684. The molecule has 0 aliphatic carbocycles. The average Bonchev–Trinajstić information content (AvgIpc) is 2.89. The standard InChI is InChI=1S/C30H54N4O2/c1-7-9-11-13-15-21-31(3)23-25-33(5)29(35)27-17-19-28(20-18-27)30(36)34(6)26-24-32(4)22-16-14-12-10-8-2/h17-20H,7-16,21-26H2,1-6H3. The molecule has 0 atom stereocenters. The van der Waals surface area contributed by atoms with Crippen molar-refractivity contribution in [3.05, 3.63) is 35.4 Å². The summed E-state index contributed by atoms with van der Waals surface area (Å²) in [5, 5.41) is 0. The third kappa shape index (κ3) is 13.4. The van der Waals surface area contributed by atoms with Crippen LogP contribution in [0.3, 0.4) is 0 Å². The molecular formula is C30H54N4O2. The maximum absolute atomic E-state index is 12.8. The summed E-state index contributed by atoms with van der Waals surface area (Å²) < 4.78 is 0. The molecule has 1 rings (SSSR count). The Morgan fingerprint density at radius 1 is 0.500 bits per heavy atom. The first-order valence-electron chi connectivity index (χ1n) is 14.3. The van der Waals surface area contributed by atoms with Crippen LogP contribution in [0.5, 0.6) is 0 Å². The van der Waals surface area contributed by atoms with Gasteiger partial charge in [0.05, 0.1) is 0 Å². The lowest BCUT2D eigenvalue weighted by Crippen LogP contribution is -2.35. The van der Waals surface area contributed by atoms with E-state index in [1.54, 1.807) is 34.1 Å². The Kier molecular flexibility index (Phi) is 17.1. The van der Waals surface area contributed by atoms with Crippen molar-refractivity contribution < 1.29 is 9.59 Å². The van der Waals surface area contributed by atoms with E-state index >= 15 is 0 Å². The van der Waals surface area contributed by atoms with Gasteiger partial charge in [-0.25, -0.2) is 0 Å². The summed E-state index contributed by atoms with van der Waals surface area (Å²) in [6.45, 7) is 9.74. The van der Waals surface area contributed by atoms with Crippen LogP contribution in [0.1, 0.15) is 98.8 Å². The van der Waals surface area contributed by atoms with Crippen LogP contribution in [0.4, 0.5) is 0 Å². The number of likely N-dealkylation sites (N-methyl/N-ethyl adjacent to an activating group) is 4. The highest BCUT2D eigenvalue weighted by Crippen LogP contribution is 2.10. The number of rotatable bonds is 20. The molecule has 0 unspecified atom stereocenters. The number of nitrogens with zero attached hydrogens (tertiary/aromatic N) is 4. The lowest BCUT2D eigenvalue weighted by atomic mass is 10.1. The highest BCUT2D eigenvalue weighted by Gasteiger charge is 2.16. The smallest absolute Gasteiger partial charge is 0.253 e. The fourth-order valence-electron chi connectivity index (χ4n) is 4.23. The predicted molar refractivity (Wildman–Crippen MR) is 153 cm³/mol. The number of benzene rings is 1. The molecule has 0 N–H and O–H groups in total. The van der Waals surface area contributed by atoms with Gasteiger partial charge in [0.25, 0.3) is 11.8 Å². The summed E-state index contributed by atoms with van der Waals surface area (Å²) >= 11 is 0. The normalized spacial score (nSPS) is 11.3. The zero-order valence-electron chi connectivity index (χ0n) is 24.2. The Morgan fingerprint density at radius 2 is 0.833 bits per heavy atom. The monoisotopic (exact) mass is 502 g/mol. The molecule has 0 heterocycles. The number of hydrogen-bond donors (Lipinski definition) is 0. The van der Waals surface area contributed by atoms with E-state index in [0.717, 1.165) is 26.2 Å². The van der Waals surface area contributed by atoms with Gasteiger partial charge in [0.15, 0.2) is 0 Å². The van der Waals surface area contributed by atoms with Gasteiger partial charge in [-0.3, -0.25) is 9.59 Å². The first-order valence-corrected chi connectivity index (χ1v) is 14.3. The van der Waals surface area contributed by atoms with Crippen molar-refractivity contribution >= 4 is 11.8 Å². The lowest BCUT2D eigenvalue weighted by molar-refractivity contribution is 0.0770. The van der Waals surface area contributed by atoms with Gasteiger partial charge < -0.3 is 19.6 Å². The maximum Gasteiger partial charge on any atom is 0.253 e. The molecule has 0 aliphatic rings. The molecule has 1 aromatic carbocycles. The van der Waals surface area contributed by atoms with E-state index in [0.29, 0.717) is 24.2 Å². The van der Waals surface area contributed by atoms with Crippen LogP contribution in [-0.2, 0) is 0 Å². The molecule has 0 saturated heterocycles. The van der Waals surface area contributed by atoms with Crippen molar-refractivity contribution in [2.24, 2.45) is 0 Å². The summed E-state index contributed by atoms with van der Waals surface area (Å²) in [5.74, 6) is -0.00137. The molecule has 0 bridgehead atoms. The first kappa shape index (κ1) is 32.1. The topological polar surface area (TPSA) is 47.1 Å². The SMILES string of the molecule is CCCCCCCN(C)CCN(C)C(=O)c1ccc(C(=O)N(C)CCN(C)CCCCCCC)cc1. The zero-order chi connectivity index (χ0) is 26.8. The fraction of sp³-hybridized carbons (Fsp3) is 0.733. The van der Waals surface area contributed by atoms with Crippen LogP contribution in [0.25, 0.3) is 0 Å². The minimum atomic E-state index is -0.000684. The van der Waals surface area contributed by atoms with Crippen molar-refractivity contribution in [1.29, 1.82) is 0 Å².